The molecular formula is C19H18ClN3OS. The average molecular weight is 372 g/mol. The Morgan fingerprint density at radius 3 is 2.56 bits per heavy atom. The van der Waals surface area contributed by atoms with E-state index in [1.165, 1.54) is 16.9 Å². The molecule has 25 heavy (non-hydrogen) atoms. The first kappa shape index (κ1) is 17.6. The van der Waals surface area contributed by atoms with Crippen LogP contribution in [0.25, 0.3) is 0 Å². The van der Waals surface area contributed by atoms with Gasteiger partial charge in [0, 0.05) is 11.4 Å². The topological polar surface area (TPSA) is 54.9 Å². The smallest absolute Gasteiger partial charge is 0.230 e. The fourth-order valence-corrected chi connectivity index (χ4v) is 3.51. The maximum Gasteiger partial charge on any atom is 0.230 e. The number of hydrogen-bond acceptors (Lipinski definition) is 4. The van der Waals surface area contributed by atoms with E-state index in [0.29, 0.717) is 16.1 Å². The number of nitrogens with zero attached hydrogens (tertiary/aromatic N) is 2. The third kappa shape index (κ3) is 5.11. The average Bonchev–Trinajstić information content (AvgIpc) is 3.04. The summed E-state index contributed by atoms with van der Waals surface area (Å²) in [5, 5.41) is 13.2. The molecule has 1 heterocycles. The molecule has 1 aromatic heterocycles. The molecule has 1 N–H and O–H groups in total. The van der Waals surface area contributed by atoms with Crippen LogP contribution in [0, 0.1) is 0 Å². The molecule has 3 aromatic rings. The summed E-state index contributed by atoms with van der Waals surface area (Å²) in [7, 11) is 0. The highest BCUT2D eigenvalue weighted by atomic mass is 35.5. The summed E-state index contributed by atoms with van der Waals surface area (Å²) in [5.74, 6) is 0.243. The van der Waals surface area contributed by atoms with Crippen LogP contribution in [-0.4, -0.2) is 16.1 Å². The maximum atomic E-state index is 12.1. The van der Waals surface area contributed by atoms with Crippen molar-refractivity contribution in [1.82, 2.24) is 10.2 Å². The minimum absolute atomic E-state index is 0.110. The zero-order valence-electron chi connectivity index (χ0n) is 13.8. The Kier molecular flexibility index (Phi) is 5.79. The van der Waals surface area contributed by atoms with Crippen molar-refractivity contribution in [2.24, 2.45) is 0 Å². The van der Waals surface area contributed by atoms with Crippen LogP contribution in [0.2, 0.25) is 5.02 Å². The second-order valence-corrected chi connectivity index (χ2v) is 7.37. The number of carbonyl (C=O) groups excluding carboxylic acids is 1. The molecular weight excluding hydrogens is 354 g/mol. The first-order valence-electron chi connectivity index (χ1n) is 8.02. The molecule has 4 nitrogen and oxygen atoms in total. The van der Waals surface area contributed by atoms with E-state index in [4.69, 9.17) is 11.6 Å². The number of hydrogen-bond donors (Lipinski definition) is 1. The van der Waals surface area contributed by atoms with Crippen LogP contribution in [0.3, 0.4) is 0 Å². The molecule has 1 atom stereocenters. The zero-order chi connectivity index (χ0) is 17.6. The van der Waals surface area contributed by atoms with Crippen molar-refractivity contribution >= 4 is 34.0 Å². The van der Waals surface area contributed by atoms with Crippen LogP contribution in [0.15, 0.2) is 54.6 Å². The summed E-state index contributed by atoms with van der Waals surface area (Å²) in [5.41, 5.74) is 2.18. The molecule has 1 amide bonds. The third-order valence-electron chi connectivity index (χ3n) is 3.84. The summed E-state index contributed by atoms with van der Waals surface area (Å²) >= 11 is 7.27. The quantitative estimate of drug-likeness (QED) is 0.682. The largest absolute Gasteiger partial charge is 0.300 e. The number of anilines is 1. The number of nitrogens with one attached hydrogen (secondary N) is 1. The van der Waals surface area contributed by atoms with E-state index in [1.807, 2.05) is 30.3 Å². The van der Waals surface area contributed by atoms with Crippen LogP contribution in [0.1, 0.15) is 29.0 Å². The van der Waals surface area contributed by atoms with Gasteiger partial charge in [0.05, 0.1) is 6.42 Å². The van der Waals surface area contributed by atoms with E-state index >= 15 is 0 Å². The van der Waals surface area contributed by atoms with Crippen molar-refractivity contribution in [3.63, 3.8) is 0 Å². The molecule has 1 unspecified atom stereocenters. The minimum atomic E-state index is -0.110. The van der Waals surface area contributed by atoms with Crippen molar-refractivity contribution in [2.75, 3.05) is 5.32 Å². The summed E-state index contributed by atoms with van der Waals surface area (Å²) in [6.45, 7) is 2.16. The Hall–Kier alpha value is -2.24. The maximum absolute atomic E-state index is 12.1. The molecule has 0 saturated heterocycles. The lowest BCUT2D eigenvalue weighted by molar-refractivity contribution is -0.115. The van der Waals surface area contributed by atoms with Gasteiger partial charge in [-0.05, 0) is 29.2 Å². The van der Waals surface area contributed by atoms with Gasteiger partial charge in [0.1, 0.15) is 5.01 Å². The van der Waals surface area contributed by atoms with E-state index in [2.05, 4.69) is 34.6 Å². The lowest BCUT2D eigenvalue weighted by atomic mass is 9.98. The predicted octanol–water partition coefficient (Wildman–Crippen LogP) is 4.72. The van der Waals surface area contributed by atoms with Gasteiger partial charge in [0.2, 0.25) is 11.0 Å². The molecule has 0 aliphatic heterocycles. The Bertz CT molecular complexity index is 833. The molecule has 0 fully saturated rings. The SMILES string of the molecule is CC(Cc1nnc(NC(=O)Cc2ccc(Cl)cc2)s1)c1ccccc1. The summed E-state index contributed by atoms with van der Waals surface area (Å²) < 4.78 is 0. The standard InChI is InChI=1S/C19H18ClN3OS/c1-13(15-5-3-2-4-6-15)11-18-22-23-19(25-18)21-17(24)12-14-7-9-16(20)10-8-14/h2-10,13H,11-12H2,1H3,(H,21,23,24). The van der Waals surface area contributed by atoms with Crippen LogP contribution >= 0.6 is 22.9 Å². The number of carbonyl (C=O) groups is 1. The van der Waals surface area contributed by atoms with E-state index in [-0.39, 0.29) is 12.3 Å². The monoisotopic (exact) mass is 371 g/mol. The normalized spacial score (nSPS) is 11.9. The fourth-order valence-electron chi connectivity index (χ4n) is 2.50. The highest BCUT2D eigenvalue weighted by Gasteiger charge is 2.12. The van der Waals surface area contributed by atoms with Crippen molar-refractivity contribution in [2.45, 2.75) is 25.7 Å². The second kappa shape index (κ2) is 8.23. The van der Waals surface area contributed by atoms with E-state index in [0.717, 1.165) is 17.0 Å². The summed E-state index contributed by atoms with van der Waals surface area (Å²) in [4.78, 5) is 12.1. The number of halogens is 1. The van der Waals surface area contributed by atoms with Crippen LogP contribution in [-0.2, 0) is 17.6 Å². The minimum Gasteiger partial charge on any atom is -0.300 e. The summed E-state index contributed by atoms with van der Waals surface area (Å²) in [6.07, 6.45) is 1.08. The molecule has 2 aromatic carbocycles. The number of amides is 1. The Labute approximate surface area is 155 Å². The van der Waals surface area contributed by atoms with Gasteiger partial charge in [-0.3, -0.25) is 4.79 Å². The van der Waals surface area contributed by atoms with Crippen molar-refractivity contribution in [1.29, 1.82) is 0 Å². The first-order chi connectivity index (χ1) is 12.1. The van der Waals surface area contributed by atoms with Gasteiger partial charge in [0.25, 0.3) is 0 Å². The van der Waals surface area contributed by atoms with Gasteiger partial charge in [0.15, 0.2) is 0 Å². The lowest BCUT2D eigenvalue weighted by Gasteiger charge is -2.08. The molecule has 3 rings (SSSR count). The summed E-state index contributed by atoms with van der Waals surface area (Å²) in [6, 6.07) is 17.5. The molecule has 0 aliphatic carbocycles. The van der Waals surface area contributed by atoms with Gasteiger partial charge >= 0.3 is 0 Å². The van der Waals surface area contributed by atoms with Crippen LogP contribution in [0.4, 0.5) is 5.13 Å². The number of benzene rings is 2. The Balaban J connectivity index is 1.56. The van der Waals surface area contributed by atoms with E-state index in [9.17, 15) is 4.79 Å². The van der Waals surface area contributed by atoms with Crippen molar-refractivity contribution in [3.8, 4) is 0 Å². The highest BCUT2D eigenvalue weighted by molar-refractivity contribution is 7.15. The van der Waals surface area contributed by atoms with E-state index < -0.39 is 0 Å². The molecule has 0 spiro atoms. The molecule has 0 bridgehead atoms. The molecule has 0 radical (unpaired) electrons. The van der Waals surface area contributed by atoms with Gasteiger partial charge in [-0.15, -0.1) is 10.2 Å². The second-order valence-electron chi connectivity index (χ2n) is 5.87. The van der Waals surface area contributed by atoms with Crippen molar-refractivity contribution < 1.29 is 4.79 Å². The van der Waals surface area contributed by atoms with E-state index in [1.54, 1.807) is 12.1 Å². The molecule has 0 aliphatic rings. The van der Waals surface area contributed by atoms with Crippen LogP contribution in [0.5, 0.6) is 0 Å². The third-order valence-corrected chi connectivity index (χ3v) is 4.95. The van der Waals surface area contributed by atoms with Gasteiger partial charge in [-0.25, -0.2) is 0 Å². The molecule has 0 saturated carbocycles. The van der Waals surface area contributed by atoms with Crippen molar-refractivity contribution in [3.05, 3.63) is 75.8 Å². The molecule has 6 heteroatoms. The van der Waals surface area contributed by atoms with Gasteiger partial charge in [-0.1, -0.05) is 72.3 Å². The number of rotatable bonds is 6. The van der Waals surface area contributed by atoms with Gasteiger partial charge in [-0.2, -0.15) is 0 Å². The highest BCUT2D eigenvalue weighted by Crippen LogP contribution is 2.24. The Morgan fingerprint density at radius 2 is 1.84 bits per heavy atom. The fraction of sp³-hybridized carbons (Fsp3) is 0.211. The lowest BCUT2D eigenvalue weighted by Crippen LogP contribution is -2.14. The number of aromatic nitrogens is 2. The predicted molar refractivity (Wildman–Crippen MR) is 102 cm³/mol. The van der Waals surface area contributed by atoms with Crippen LogP contribution < -0.4 is 5.32 Å². The Morgan fingerprint density at radius 1 is 1.12 bits per heavy atom. The van der Waals surface area contributed by atoms with Gasteiger partial charge < -0.3 is 5.32 Å². The molecule has 128 valence electrons. The zero-order valence-corrected chi connectivity index (χ0v) is 15.3. The first-order valence-corrected chi connectivity index (χ1v) is 9.21.